The molecule has 1 amide bonds. The Hall–Kier alpha value is -3.30. The number of anilines is 1. The van der Waals surface area contributed by atoms with E-state index in [1.165, 1.54) is 31.3 Å². The topological polar surface area (TPSA) is 85.6 Å². The first-order chi connectivity index (χ1) is 14.6. The molecular formula is C21H21F3N6O. The van der Waals surface area contributed by atoms with Gasteiger partial charge in [-0.25, -0.2) is 14.4 Å². The van der Waals surface area contributed by atoms with Crippen molar-refractivity contribution in [3.8, 4) is 0 Å². The second-order valence-corrected chi connectivity index (χ2v) is 7.90. The van der Waals surface area contributed by atoms with Crippen LogP contribution < -0.4 is 5.32 Å². The van der Waals surface area contributed by atoms with Crippen LogP contribution in [0, 0.1) is 6.92 Å². The summed E-state index contributed by atoms with van der Waals surface area (Å²) in [6, 6.07) is 6.86. The van der Waals surface area contributed by atoms with E-state index in [-0.39, 0.29) is 22.9 Å². The highest BCUT2D eigenvalue weighted by Gasteiger charge is 2.56. The molecule has 0 aliphatic heterocycles. The van der Waals surface area contributed by atoms with Gasteiger partial charge in [0.15, 0.2) is 0 Å². The van der Waals surface area contributed by atoms with Gasteiger partial charge in [-0.1, -0.05) is 12.1 Å². The summed E-state index contributed by atoms with van der Waals surface area (Å²) < 4.78 is 46.3. The fourth-order valence-corrected chi connectivity index (χ4v) is 3.27. The second kappa shape index (κ2) is 7.44. The minimum Gasteiger partial charge on any atom is -0.321 e. The predicted molar refractivity (Wildman–Crippen MR) is 106 cm³/mol. The molecule has 7 nitrogen and oxygen atoms in total. The molecule has 1 fully saturated rings. The first-order valence-electron chi connectivity index (χ1n) is 9.78. The van der Waals surface area contributed by atoms with Gasteiger partial charge in [-0.15, -0.1) is 10.2 Å². The summed E-state index contributed by atoms with van der Waals surface area (Å²) >= 11 is 0. The third-order valence-electron chi connectivity index (χ3n) is 5.29. The lowest BCUT2D eigenvalue weighted by Gasteiger charge is -2.30. The van der Waals surface area contributed by atoms with Crippen molar-refractivity contribution in [3.63, 3.8) is 0 Å². The molecule has 0 spiro atoms. The van der Waals surface area contributed by atoms with Crippen molar-refractivity contribution in [1.29, 1.82) is 0 Å². The summed E-state index contributed by atoms with van der Waals surface area (Å²) in [5.41, 5.74) is -2.40. The van der Waals surface area contributed by atoms with Crippen LogP contribution in [0.4, 0.5) is 18.9 Å². The Kier molecular flexibility index (Phi) is 5.03. The average Bonchev–Trinajstić information content (AvgIpc) is 3.48. The zero-order valence-corrected chi connectivity index (χ0v) is 17.2. The van der Waals surface area contributed by atoms with E-state index in [1.807, 2.05) is 0 Å². The van der Waals surface area contributed by atoms with Crippen molar-refractivity contribution < 1.29 is 18.0 Å². The first-order valence-corrected chi connectivity index (χ1v) is 9.78. The highest BCUT2D eigenvalue weighted by Crippen LogP contribution is 2.47. The van der Waals surface area contributed by atoms with Crippen molar-refractivity contribution in [2.24, 2.45) is 7.05 Å². The van der Waals surface area contributed by atoms with E-state index in [2.05, 4.69) is 25.5 Å². The number of amides is 1. The van der Waals surface area contributed by atoms with Crippen LogP contribution in [-0.2, 0) is 18.6 Å². The number of halogens is 3. The fourth-order valence-electron chi connectivity index (χ4n) is 3.27. The molecule has 10 heteroatoms. The van der Waals surface area contributed by atoms with Gasteiger partial charge in [0.2, 0.25) is 11.5 Å². The number of nitrogens with zero attached hydrogens (tertiary/aromatic N) is 5. The molecule has 1 saturated carbocycles. The van der Waals surface area contributed by atoms with E-state index in [0.29, 0.717) is 11.5 Å². The maximum absolute atomic E-state index is 15.4. The second-order valence-electron chi connectivity index (χ2n) is 7.90. The van der Waals surface area contributed by atoms with Crippen molar-refractivity contribution in [1.82, 2.24) is 24.7 Å². The lowest BCUT2D eigenvalue weighted by atomic mass is 9.90. The lowest BCUT2D eigenvalue weighted by Crippen LogP contribution is -2.39. The fraction of sp³-hybridized carbons (Fsp3) is 0.381. The van der Waals surface area contributed by atoms with Gasteiger partial charge in [0.1, 0.15) is 17.8 Å². The summed E-state index contributed by atoms with van der Waals surface area (Å²) in [7, 11) is 1.32. The zero-order chi connectivity index (χ0) is 22.4. The van der Waals surface area contributed by atoms with Gasteiger partial charge in [-0.3, -0.25) is 4.79 Å². The van der Waals surface area contributed by atoms with Crippen LogP contribution >= 0.6 is 0 Å². The van der Waals surface area contributed by atoms with E-state index < -0.39 is 23.3 Å². The van der Waals surface area contributed by atoms with Crippen LogP contribution in [-0.4, -0.2) is 30.6 Å². The number of rotatable bonds is 6. The largest absolute Gasteiger partial charge is 0.343 e. The molecule has 0 unspecified atom stereocenters. The molecule has 1 aliphatic carbocycles. The quantitative estimate of drug-likeness (QED) is 0.639. The molecule has 162 valence electrons. The van der Waals surface area contributed by atoms with Crippen LogP contribution in [0.5, 0.6) is 0 Å². The summed E-state index contributed by atoms with van der Waals surface area (Å²) in [4.78, 5) is 21.3. The summed E-state index contributed by atoms with van der Waals surface area (Å²) in [5.74, 6) is -4.38. The molecule has 1 N–H and O–H groups in total. The monoisotopic (exact) mass is 430 g/mol. The van der Waals surface area contributed by atoms with E-state index in [0.717, 1.165) is 30.7 Å². The standard InChI is InChI=1S/C21H21F3N6O/c1-12-9-16(28-17(26-12)13-7-8-13)18(31)27-15-6-4-5-14(10-15)20(2,22)21(23,24)19-29-25-11-30(19)3/h4-6,9-11,13H,7-8H2,1-3H3,(H,27,31)/t20-/m1/s1. The van der Waals surface area contributed by atoms with E-state index >= 15 is 4.39 Å². The number of alkyl halides is 3. The average molecular weight is 430 g/mol. The number of aromatic nitrogens is 5. The van der Waals surface area contributed by atoms with Gasteiger partial charge >= 0.3 is 5.92 Å². The maximum atomic E-state index is 15.4. The number of benzene rings is 1. The number of aryl methyl sites for hydroxylation is 2. The van der Waals surface area contributed by atoms with Gasteiger partial charge in [0.05, 0.1) is 0 Å². The molecule has 1 aliphatic rings. The van der Waals surface area contributed by atoms with E-state index in [1.54, 1.807) is 13.0 Å². The Bertz CT molecular complexity index is 1140. The Labute approximate surface area is 176 Å². The van der Waals surface area contributed by atoms with E-state index in [4.69, 9.17) is 0 Å². The SMILES string of the molecule is Cc1cc(C(=O)Nc2cccc([C@@](C)(F)C(F)(F)c3nncn3C)c2)nc(C2CC2)n1. The number of hydrogen-bond acceptors (Lipinski definition) is 5. The Balaban J connectivity index is 1.60. The summed E-state index contributed by atoms with van der Waals surface area (Å²) in [6.45, 7) is 2.55. The van der Waals surface area contributed by atoms with Crippen LogP contribution in [0.3, 0.4) is 0 Å². The molecule has 1 atom stereocenters. The third-order valence-corrected chi connectivity index (χ3v) is 5.29. The van der Waals surface area contributed by atoms with Crippen LogP contribution in [0.25, 0.3) is 0 Å². The van der Waals surface area contributed by atoms with Crippen LogP contribution in [0.1, 0.15) is 59.1 Å². The maximum Gasteiger partial charge on any atom is 0.343 e. The minimum atomic E-state index is -3.95. The molecule has 1 aromatic carbocycles. The van der Waals surface area contributed by atoms with Gasteiger partial charge in [-0.05, 0) is 50.5 Å². The number of carbonyl (C=O) groups excluding carboxylic acids is 1. The highest BCUT2D eigenvalue weighted by molar-refractivity contribution is 6.03. The molecule has 0 radical (unpaired) electrons. The molecule has 0 bridgehead atoms. The van der Waals surface area contributed by atoms with Gasteiger partial charge < -0.3 is 9.88 Å². The van der Waals surface area contributed by atoms with E-state index in [9.17, 15) is 13.6 Å². The minimum absolute atomic E-state index is 0.171. The Morgan fingerprint density at radius 1 is 1.19 bits per heavy atom. The van der Waals surface area contributed by atoms with Crippen molar-refractivity contribution in [2.45, 2.75) is 44.2 Å². The van der Waals surface area contributed by atoms with Crippen molar-refractivity contribution in [2.75, 3.05) is 5.32 Å². The van der Waals surface area contributed by atoms with Gasteiger partial charge in [0, 0.05) is 24.3 Å². The molecule has 4 rings (SSSR count). The summed E-state index contributed by atoms with van der Waals surface area (Å²) in [5, 5.41) is 9.39. The molecule has 2 aromatic heterocycles. The molecule has 2 heterocycles. The van der Waals surface area contributed by atoms with Crippen LogP contribution in [0.2, 0.25) is 0 Å². The number of hydrogen-bond donors (Lipinski definition) is 1. The lowest BCUT2D eigenvalue weighted by molar-refractivity contribution is -0.149. The normalized spacial score (nSPS) is 16.1. The first kappa shape index (κ1) is 21.0. The Morgan fingerprint density at radius 2 is 1.94 bits per heavy atom. The van der Waals surface area contributed by atoms with Gasteiger partial charge in [0.25, 0.3) is 5.91 Å². The predicted octanol–water partition coefficient (Wildman–Crippen LogP) is 4.02. The molecule has 0 saturated heterocycles. The number of nitrogens with one attached hydrogen (secondary N) is 1. The van der Waals surface area contributed by atoms with Gasteiger partial charge in [-0.2, -0.15) is 8.78 Å². The Morgan fingerprint density at radius 3 is 2.58 bits per heavy atom. The smallest absolute Gasteiger partial charge is 0.321 e. The molecular weight excluding hydrogens is 409 g/mol. The summed E-state index contributed by atoms with van der Waals surface area (Å²) in [6.07, 6.45) is 3.05. The molecule has 3 aromatic rings. The van der Waals surface area contributed by atoms with Crippen LogP contribution in [0.15, 0.2) is 36.7 Å². The number of carbonyl (C=O) groups is 1. The third kappa shape index (κ3) is 3.89. The van der Waals surface area contributed by atoms with Crippen molar-refractivity contribution >= 4 is 11.6 Å². The zero-order valence-electron chi connectivity index (χ0n) is 17.2. The highest BCUT2D eigenvalue weighted by atomic mass is 19.3. The van der Waals surface area contributed by atoms with Crippen molar-refractivity contribution in [3.05, 3.63) is 65.3 Å². The molecule has 31 heavy (non-hydrogen) atoms.